The van der Waals surface area contributed by atoms with Crippen molar-refractivity contribution in [2.75, 3.05) is 196 Å². The van der Waals surface area contributed by atoms with Gasteiger partial charge in [-0.15, -0.1) is 0 Å². The number of nitrogens with zero attached hydrogens (tertiary/aromatic N) is 2. The van der Waals surface area contributed by atoms with Gasteiger partial charge in [0, 0.05) is 38.3 Å². The van der Waals surface area contributed by atoms with Gasteiger partial charge in [-0.05, 0) is 36.4 Å². The molecule has 472 valence electrons. The van der Waals surface area contributed by atoms with E-state index in [4.69, 9.17) is 56.8 Å². The van der Waals surface area contributed by atoms with Gasteiger partial charge in [0.2, 0.25) is 0 Å². The fourth-order valence-electron chi connectivity index (χ4n) is 7.92. The fourth-order valence-corrected chi connectivity index (χ4v) is 7.92. The summed E-state index contributed by atoms with van der Waals surface area (Å²) in [7, 11) is -14.5. The summed E-state index contributed by atoms with van der Waals surface area (Å²) in [5.41, 5.74) is 4.32. The van der Waals surface area contributed by atoms with Crippen LogP contribution in [-0.4, -0.2) is 187 Å². The van der Waals surface area contributed by atoms with Crippen LogP contribution in [0.25, 0.3) is 0 Å². The average Bonchev–Trinajstić information content (AvgIpc) is 3.62. The number of nitrogens with one attached hydrogen (secondary N) is 2. The molecule has 16 nitrogen and oxygen atoms in total. The second-order valence-corrected chi connectivity index (χ2v) is 21.6. The summed E-state index contributed by atoms with van der Waals surface area (Å²) < 4.78 is 188. The molecule has 4 aromatic rings. The molecule has 0 atom stereocenters. The van der Waals surface area contributed by atoms with Gasteiger partial charge >= 0.3 is 169 Å². The molecule has 2 heterocycles. The maximum absolute atomic E-state index is 10.7. The van der Waals surface area contributed by atoms with Gasteiger partial charge in [0.15, 0.2) is 22.9 Å². The quantitative estimate of drug-likeness (QED) is 0.147. The van der Waals surface area contributed by atoms with Crippen LogP contribution in [0.15, 0.2) is 97.1 Å². The molecule has 0 unspecified atom stereocenters. The minimum Gasteiger partial charge on any atom is 1.00 e. The zero-order valence-corrected chi connectivity index (χ0v) is 56.5. The molecule has 6 rings (SSSR count). The predicted molar refractivity (Wildman–Crippen MR) is 291 cm³/mol. The first-order valence-electron chi connectivity index (χ1n) is 26.0. The molecule has 0 aliphatic carbocycles. The third-order valence-corrected chi connectivity index (χ3v) is 11.5. The molecule has 84 heavy (non-hydrogen) atoms. The molecular weight excluding hydrogens is 1240 g/mol. The monoisotopic (exact) mass is 1320 g/mol. The Balaban J connectivity index is 0.000000670. The Hall–Kier alpha value is -1.43. The Labute approximate surface area is 568 Å². The number of hydrogen-bond donors (Lipinski definition) is 2. The van der Waals surface area contributed by atoms with Gasteiger partial charge in [-0.3, -0.25) is 9.80 Å². The Morgan fingerprint density at radius 1 is 0.310 bits per heavy atom. The third kappa shape index (κ3) is 41.7. The van der Waals surface area contributed by atoms with Crippen molar-refractivity contribution in [3.8, 4) is 23.0 Å². The smallest absolute Gasteiger partial charge is 1.00 e. The summed E-state index contributed by atoms with van der Waals surface area (Å²) in [6, 6.07) is 32.3. The van der Waals surface area contributed by atoms with Crippen LogP contribution in [-0.2, 0) is 37.9 Å². The molecular formula is C52H78F12K2N4O12P2+2. The van der Waals surface area contributed by atoms with Gasteiger partial charge in [0.05, 0.1) is 146 Å². The zero-order chi connectivity index (χ0) is 60.5. The zero-order valence-electron chi connectivity index (χ0n) is 48.4. The SMILES string of the molecule is COc1ccccc1N1CCOCCOCCN(c2ccccc2OC)CCOCCOCC1.COc1ccccc1[NH+]1CCOCCOCC[NH+](c2ccccc2OC)CCOCCOCC1.F[P-](F)(F)(F)(F)F.F[P-](F)(F)(F)(F)F.[K+].[K+]. The molecule has 2 fully saturated rings. The van der Waals surface area contributed by atoms with Crippen LogP contribution in [0.4, 0.5) is 73.1 Å². The topological polar surface area (TPSA) is 126 Å². The van der Waals surface area contributed by atoms with E-state index in [0.717, 1.165) is 98.1 Å². The van der Waals surface area contributed by atoms with Gasteiger partial charge in [-0.2, -0.15) is 0 Å². The van der Waals surface area contributed by atoms with Gasteiger partial charge in [0.25, 0.3) is 0 Å². The van der Waals surface area contributed by atoms with Crippen LogP contribution >= 0.6 is 15.6 Å². The molecule has 0 amide bonds. The number of methoxy groups -OCH3 is 4. The average molecular weight is 1320 g/mol. The van der Waals surface area contributed by atoms with Crippen molar-refractivity contribution in [2.45, 2.75) is 0 Å². The molecule has 2 aliphatic rings. The number of benzene rings is 4. The summed E-state index contributed by atoms with van der Waals surface area (Å²) in [6.45, 7) is 15.7. The van der Waals surface area contributed by atoms with Crippen LogP contribution in [0.3, 0.4) is 0 Å². The van der Waals surface area contributed by atoms with E-state index in [1.54, 1.807) is 28.4 Å². The first-order chi connectivity index (χ1) is 38.6. The molecule has 2 aliphatic heterocycles. The normalized spacial score (nSPS) is 20.2. The van der Waals surface area contributed by atoms with Crippen molar-refractivity contribution in [3.63, 3.8) is 0 Å². The standard InChI is InChI=1S/2C26H38N2O6.2F6P.2K/c2*1-29-25-9-5-3-7-23(25)27-11-15-31-19-21-33-17-13-28(14-18-34-22-20-32-16-12-27)24-8-4-6-10-26(24)30-2;2*1-7(2,3,4,5)6;;/h2*3-10H,11-22H2,1-2H3;;;;/q;;2*-1;2*+1/p+2. The van der Waals surface area contributed by atoms with Crippen molar-refractivity contribution in [3.05, 3.63) is 97.1 Å². The first-order valence-corrected chi connectivity index (χ1v) is 30.1. The summed E-state index contributed by atoms with van der Waals surface area (Å²) >= 11 is 0. The van der Waals surface area contributed by atoms with E-state index in [-0.39, 0.29) is 103 Å². The van der Waals surface area contributed by atoms with Crippen LogP contribution in [0.2, 0.25) is 0 Å². The summed E-state index contributed by atoms with van der Waals surface area (Å²) in [6.07, 6.45) is 0. The number of hydrogen-bond acceptors (Lipinski definition) is 14. The van der Waals surface area contributed by atoms with E-state index in [1.807, 2.05) is 72.8 Å². The Morgan fingerprint density at radius 2 is 0.512 bits per heavy atom. The Kier molecular flexibility index (Phi) is 37.4. The van der Waals surface area contributed by atoms with E-state index >= 15 is 0 Å². The van der Waals surface area contributed by atoms with Crippen molar-refractivity contribution < 1.29 is 220 Å². The molecule has 4 aromatic carbocycles. The predicted octanol–water partition coefficient (Wildman–Crippen LogP) is 4.39. The van der Waals surface area contributed by atoms with Crippen molar-refractivity contribution in [2.24, 2.45) is 0 Å². The van der Waals surface area contributed by atoms with Crippen molar-refractivity contribution >= 4 is 38.4 Å². The molecule has 0 radical (unpaired) electrons. The second kappa shape index (κ2) is 39.0. The minimum absolute atomic E-state index is 0. The number of para-hydroxylation sites is 8. The first kappa shape index (κ1) is 80.6. The number of quaternary nitrogens is 2. The maximum atomic E-state index is 9.87. The summed E-state index contributed by atoms with van der Waals surface area (Å²) in [5, 5.41) is 0. The molecule has 2 N–H and O–H groups in total. The Morgan fingerprint density at radius 3 is 0.750 bits per heavy atom. The van der Waals surface area contributed by atoms with Crippen LogP contribution in [0.1, 0.15) is 0 Å². The number of anilines is 2. The van der Waals surface area contributed by atoms with E-state index in [9.17, 15) is 50.4 Å². The van der Waals surface area contributed by atoms with Gasteiger partial charge in [0.1, 0.15) is 37.7 Å². The molecule has 0 saturated carbocycles. The van der Waals surface area contributed by atoms with Gasteiger partial charge in [-0.25, -0.2) is 0 Å². The van der Waals surface area contributed by atoms with E-state index in [2.05, 4.69) is 34.1 Å². The molecule has 2 saturated heterocycles. The molecule has 0 aromatic heterocycles. The fraction of sp³-hybridized carbons (Fsp3) is 0.538. The van der Waals surface area contributed by atoms with Crippen LogP contribution in [0.5, 0.6) is 23.0 Å². The second-order valence-electron chi connectivity index (χ2n) is 17.7. The van der Waals surface area contributed by atoms with E-state index < -0.39 is 15.6 Å². The summed E-state index contributed by atoms with van der Waals surface area (Å²) in [4.78, 5) is 7.01. The van der Waals surface area contributed by atoms with E-state index in [0.29, 0.717) is 106 Å². The minimum atomic E-state index is -10.7. The van der Waals surface area contributed by atoms with Crippen molar-refractivity contribution in [1.82, 2.24) is 0 Å². The number of halogens is 12. The van der Waals surface area contributed by atoms with Gasteiger partial charge < -0.3 is 66.6 Å². The van der Waals surface area contributed by atoms with E-state index in [1.165, 1.54) is 9.80 Å². The molecule has 0 bridgehead atoms. The molecule has 32 heteroatoms. The molecule has 0 spiro atoms. The third-order valence-electron chi connectivity index (χ3n) is 11.5. The summed E-state index contributed by atoms with van der Waals surface area (Å²) in [5.74, 6) is 3.45. The largest absolute Gasteiger partial charge is 1.00 e. The Bertz CT molecular complexity index is 2050. The number of rotatable bonds is 8. The van der Waals surface area contributed by atoms with Crippen molar-refractivity contribution in [1.29, 1.82) is 0 Å². The van der Waals surface area contributed by atoms with Gasteiger partial charge in [-0.1, -0.05) is 48.5 Å². The van der Waals surface area contributed by atoms with Crippen LogP contribution < -0.4 is 141 Å². The number of ether oxygens (including phenoxy) is 12. The van der Waals surface area contributed by atoms with Crippen LogP contribution in [0, 0.1) is 0 Å². The maximum Gasteiger partial charge on any atom is 1.00 e.